The van der Waals surface area contributed by atoms with Gasteiger partial charge >= 0.3 is 0 Å². The summed E-state index contributed by atoms with van der Waals surface area (Å²) >= 11 is 0. The van der Waals surface area contributed by atoms with Crippen LogP contribution in [0, 0.1) is 0 Å². The predicted octanol–water partition coefficient (Wildman–Crippen LogP) is 3.83. The first-order valence-corrected chi connectivity index (χ1v) is 7.35. The maximum absolute atomic E-state index is 6.33. The Balaban J connectivity index is 2.11. The van der Waals surface area contributed by atoms with Gasteiger partial charge < -0.3 is 10.3 Å². The molecule has 0 aliphatic rings. The Hall–Kier alpha value is -1.61. The van der Waals surface area contributed by atoms with Gasteiger partial charge in [-0.05, 0) is 17.0 Å². The first-order valence-electron chi connectivity index (χ1n) is 7.35. The third-order valence-electron chi connectivity index (χ3n) is 3.69. The van der Waals surface area contributed by atoms with E-state index in [0.29, 0.717) is 11.8 Å². The van der Waals surface area contributed by atoms with Crippen molar-refractivity contribution in [1.82, 2.24) is 9.55 Å². The zero-order valence-corrected chi connectivity index (χ0v) is 12.9. The molecule has 0 aliphatic heterocycles. The Morgan fingerprint density at radius 2 is 1.60 bits per heavy atom. The van der Waals surface area contributed by atoms with Crippen LogP contribution < -0.4 is 5.73 Å². The lowest BCUT2D eigenvalue weighted by Crippen LogP contribution is -2.19. The standard InChI is InChI=1S/C17H25N3/c1-12(2)14-5-7-15(8-6-14)16(18)11-20-10-9-19-17(20)13(3)4/h5-10,12-13,16H,11,18H2,1-4H3. The normalized spacial score (nSPS) is 13.2. The van der Waals surface area contributed by atoms with E-state index in [1.165, 1.54) is 11.1 Å². The SMILES string of the molecule is CC(C)c1ccc(C(N)Cn2ccnc2C(C)C)cc1. The van der Waals surface area contributed by atoms with Crippen LogP contribution >= 0.6 is 0 Å². The molecule has 108 valence electrons. The van der Waals surface area contributed by atoms with Crippen LogP contribution in [0.2, 0.25) is 0 Å². The molecule has 1 unspecified atom stereocenters. The van der Waals surface area contributed by atoms with Crippen LogP contribution in [0.15, 0.2) is 36.7 Å². The van der Waals surface area contributed by atoms with Gasteiger partial charge in [0.1, 0.15) is 5.82 Å². The molecule has 0 spiro atoms. The minimum absolute atomic E-state index is 0.00270. The minimum atomic E-state index is 0.00270. The minimum Gasteiger partial charge on any atom is -0.333 e. The molecular weight excluding hydrogens is 246 g/mol. The van der Waals surface area contributed by atoms with Gasteiger partial charge in [-0.2, -0.15) is 0 Å². The van der Waals surface area contributed by atoms with E-state index in [2.05, 4.69) is 61.5 Å². The molecule has 0 bridgehead atoms. The third-order valence-corrected chi connectivity index (χ3v) is 3.69. The average molecular weight is 271 g/mol. The summed E-state index contributed by atoms with van der Waals surface area (Å²) < 4.78 is 2.16. The highest BCUT2D eigenvalue weighted by Crippen LogP contribution is 2.20. The monoisotopic (exact) mass is 271 g/mol. The van der Waals surface area contributed by atoms with Crippen LogP contribution in [-0.4, -0.2) is 9.55 Å². The molecule has 1 atom stereocenters. The lowest BCUT2D eigenvalue weighted by Gasteiger charge is -2.17. The number of aromatic nitrogens is 2. The van der Waals surface area contributed by atoms with E-state index in [4.69, 9.17) is 5.73 Å². The Kier molecular flexibility index (Phi) is 4.61. The summed E-state index contributed by atoms with van der Waals surface area (Å²) in [5.74, 6) is 2.07. The van der Waals surface area contributed by atoms with Crippen molar-refractivity contribution in [3.8, 4) is 0 Å². The molecule has 3 nitrogen and oxygen atoms in total. The van der Waals surface area contributed by atoms with E-state index in [9.17, 15) is 0 Å². The highest BCUT2D eigenvalue weighted by Gasteiger charge is 2.12. The fraction of sp³-hybridized carbons (Fsp3) is 0.471. The zero-order chi connectivity index (χ0) is 14.7. The number of hydrogen-bond acceptors (Lipinski definition) is 2. The quantitative estimate of drug-likeness (QED) is 0.898. The van der Waals surface area contributed by atoms with Gasteiger partial charge in [-0.15, -0.1) is 0 Å². The summed E-state index contributed by atoms with van der Waals surface area (Å²) in [6, 6.07) is 8.65. The van der Waals surface area contributed by atoms with Crippen molar-refractivity contribution >= 4 is 0 Å². The molecule has 3 heteroatoms. The highest BCUT2D eigenvalue weighted by molar-refractivity contribution is 5.26. The zero-order valence-electron chi connectivity index (χ0n) is 12.9. The maximum atomic E-state index is 6.33. The van der Waals surface area contributed by atoms with Crippen molar-refractivity contribution in [2.24, 2.45) is 5.73 Å². The van der Waals surface area contributed by atoms with E-state index in [0.717, 1.165) is 12.4 Å². The third kappa shape index (κ3) is 3.28. The molecule has 2 rings (SSSR count). The lowest BCUT2D eigenvalue weighted by molar-refractivity contribution is 0.541. The van der Waals surface area contributed by atoms with Gasteiger partial charge in [-0.3, -0.25) is 0 Å². The summed E-state index contributed by atoms with van der Waals surface area (Å²) in [4.78, 5) is 4.41. The largest absolute Gasteiger partial charge is 0.333 e. The number of nitrogens with zero attached hydrogens (tertiary/aromatic N) is 2. The molecule has 0 amide bonds. The van der Waals surface area contributed by atoms with Gasteiger partial charge in [0.05, 0.1) is 0 Å². The van der Waals surface area contributed by atoms with Crippen molar-refractivity contribution in [3.05, 3.63) is 53.6 Å². The molecule has 20 heavy (non-hydrogen) atoms. The molecule has 2 aromatic rings. The Labute approximate surface area is 121 Å². The summed E-state index contributed by atoms with van der Waals surface area (Å²) in [7, 11) is 0. The molecule has 1 aromatic heterocycles. The molecule has 0 fully saturated rings. The Bertz CT molecular complexity index is 538. The molecule has 1 aromatic carbocycles. The summed E-state index contributed by atoms with van der Waals surface area (Å²) in [6.07, 6.45) is 3.86. The van der Waals surface area contributed by atoms with Crippen LogP contribution in [0.4, 0.5) is 0 Å². The average Bonchev–Trinajstić information content (AvgIpc) is 2.87. The van der Waals surface area contributed by atoms with Gasteiger partial charge in [0, 0.05) is 30.9 Å². The van der Waals surface area contributed by atoms with Crippen molar-refractivity contribution in [3.63, 3.8) is 0 Å². The topological polar surface area (TPSA) is 43.8 Å². The van der Waals surface area contributed by atoms with E-state index in [-0.39, 0.29) is 6.04 Å². The van der Waals surface area contributed by atoms with Crippen LogP contribution in [0.25, 0.3) is 0 Å². The van der Waals surface area contributed by atoms with Gasteiger partial charge in [-0.1, -0.05) is 52.0 Å². The smallest absolute Gasteiger partial charge is 0.111 e. The molecule has 1 heterocycles. The lowest BCUT2D eigenvalue weighted by atomic mass is 9.99. The molecular formula is C17H25N3. The molecule has 2 N–H and O–H groups in total. The number of hydrogen-bond donors (Lipinski definition) is 1. The number of rotatable bonds is 5. The summed E-state index contributed by atoms with van der Waals surface area (Å²) in [5, 5.41) is 0. The predicted molar refractivity (Wildman–Crippen MR) is 83.8 cm³/mol. The number of imidazole rings is 1. The van der Waals surface area contributed by atoms with Crippen LogP contribution in [0.5, 0.6) is 0 Å². The van der Waals surface area contributed by atoms with Gasteiger partial charge in [0.15, 0.2) is 0 Å². The summed E-state index contributed by atoms with van der Waals surface area (Å²) in [6.45, 7) is 9.49. The van der Waals surface area contributed by atoms with Crippen LogP contribution in [0.1, 0.15) is 62.5 Å². The van der Waals surface area contributed by atoms with E-state index in [1.54, 1.807) is 0 Å². The van der Waals surface area contributed by atoms with E-state index >= 15 is 0 Å². The second kappa shape index (κ2) is 6.23. The van der Waals surface area contributed by atoms with Gasteiger partial charge in [0.2, 0.25) is 0 Å². The molecule has 0 saturated heterocycles. The highest BCUT2D eigenvalue weighted by atomic mass is 15.1. The van der Waals surface area contributed by atoms with Crippen molar-refractivity contribution in [2.75, 3.05) is 0 Å². The first-order chi connectivity index (χ1) is 9.49. The van der Waals surface area contributed by atoms with Crippen LogP contribution in [-0.2, 0) is 6.54 Å². The maximum Gasteiger partial charge on any atom is 0.111 e. The van der Waals surface area contributed by atoms with Gasteiger partial charge in [0.25, 0.3) is 0 Å². The summed E-state index contributed by atoms with van der Waals surface area (Å²) in [5.41, 5.74) is 8.86. The Morgan fingerprint density at radius 1 is 1.00 bits per heavy atom. The van der Waals surface area contributed by atoms with Gasteiger partial charge in [-0.25, -0.2) is 4.98 Å². The second-order valence-electron chi connectivity index (χ2n) is 6.02. The molecule has 0 radical (unpaired) electrons. The van der Waals surface area contributed by atoms with E-state index < -0.39 is 0 Å². The molecule has 0 saturated carbocycles. The van der Waals surface area contributed by atoms with Crippen molar-refractivity contribution in [2.45, 2.75) is 52.1 Å². The fourth-order valence-corrected chi connectivity index (χ4v) is 2.42. The second-order valence-corrected chi connectivity index (χ2v) is 6.02. The first kappa shape index (κ1) is 14.8. The Morgan fingerprint density at radius 3 is 2.15 bits per heavy atom. The van der Waals surface area contributed by atoms with Crippen molar-refractivity contribution < 1.29 is 0 Å². The van der Waals surface area contributed by atoms with E-state index in [1.807, 2.05) is 12.4 Å². The number of benzene rings is 1. The molecule has 0 aliphatic carbocycles. The fourth-order valence-electron chi connectivity index (χ4n) is 2.42. The van der Waals surface area contributed by atoms with Crippen molar-refractivity contribution in [1.29, 1.82) is 0 Å². The van der Waals surface area contributed by atoms with Crippen LogP contribution in [0.3, 0.4) is 0 Å². The number of nitrogens with two attached hydrogens (primary N) is 1.